The van der Waals surface area contributed by atoms with Crippen LogP contribution >= 0.6 is 22.6 Å². The number of hydrogen-bond acceptors (Lipinski definition) is 4. The maximum absolute atomic E-state index is 9.77. The number of ether oxygens (including phenoxy) is 1. The van der Waals surface area contributed by atoms with Crippen LogP contribution in [0.3, 0.4) is 0 Å². The predicted molar refractivity (Wildman–Crippen MR) is 81.1 cm³/mol. The standard InChI is InChI=1S/C14H16INO3/c15-11-3-5-13(6-4-11)19-10-12(17)8-16-9-14-2-1-7-18-14/h1-7,12,16-17H,8-10H2. The fourth-order valence-corrected chi connectivity index (χ4v) is 1.92. The first kappa shape index (κ1) is 14.4. The van der Waals surface area contributed by atoms with Gasteiger partial charge in [-0.2, -0.15) is 0 Å². The number of hydrogen-bond donors (Lipinski definition) is 2. The van der Waals surface area contributed by atoms with Gasteiger partial charge in [-0.15, -0.1) is 0 Å². The Balaban J connectivity index is 1.64. The molecule has 4 nitrogen and oxygen atoms in total. The lowest BCUT2D eigenvalue weighted by atomic mass is 10.3. The fraction of sp³-hybridized carbons (Fsp3) is 0.286. The monoisotopic (exact) mass is 373 g/mol. The molecule has 1 aromatic carbocycles. The zero-order chi connectivity index (χ0) is 13.5. The third kappa shape index (κ3) is 5.22. The summed E-state index contributed by atoms with van der Waals surface area (Å²) in [6, 6.07) is 11.5. The molecular formula is C14H16INO3. The van der Waals surface area contributed by atoms with Crippen LogP contribution in [0.25, 0.3) is 0 Å². The van der Waals surface area contributed by atoms with Gasteiger partial charge in [-0.3, -0.25) is 0 Å². The smallest absolute Gasteiger partial charge is 0.119 e. The molecule has 0 aliphatic carbocycles. The van der Waals surface area contributed by atoms with Crippen LogP contribution in [0.2, 0.25) is 0 Å². The van der Waals surface area contributed by atoms with Crippen LogP contribution in [0.15, 0.2) is 47.1 Å². The van der Waals surface area contributed by atoms with Gasteiger partial charge < -0.3 is 19.6 Å². The van der Waals surface area contributed by atoms with Crippen molar-refractivity contribution in [3.63, 3.8) is 0 Å². The largest absolute Gasteiger partial charge is 0.491 e. The summed E-state index contributed by atoms with van der Waals surface area (Å²) in [7, 11) is 0. The van der Waals surface area contributed by atoms with E-state index < -0.39 is 6.10 Å². The van der Waals surface area contributed by atoms with Gasteiger partial charge >= 0.3 is 0 Å². The normalized spacial score (nSPS) is 12.3. The molecule has 5 heteroatoms. The summed E-state index contributed by atoms with van der Waals surface area (Å²) < 4.78 is 11.8. The average molecular weight is 373 g/mol. The van der Waals surface area contributed by atoms with E-state index in [1.165, 1.54) is 0 Å². The van der Waals surface area contributed by atoms with E-state index in [1.807, 2.05) is 36.4 Å². The molecule has 102 valence electrons. The molecule has 1 aromatic heterocycles. The highest BCUT2D eigenvalue weighted by Crippen LogP contribution is 2.13. The topological polar surface area (TPSA) is 54.6 Å². The number of rotatable bonds is 7. The van der Waals surface area contributed by atoms with Gasteiger partial charge in [0.25, 0.3) is 0 Å². The summed E-state index contributed by atoms with van der Waals surface area (Å²) in [4.78, 5) is 0. The summed E-state index contributed by atoms with van der Waals surface area (Å²) >= 11 is 2.24. The van der Waals surface area contributed by atoms with E-state index in [0.717, 1.165) is 15.1 Å². The fourth-order valence-electron chi connectivity index (χ4n) is 1.56. The molecule has 0 amide bonds. The Hall–Kier alpha value is -1.05. The van der Waals surface area contributed by atoms with Gasteiger partial charge in [0.1, 0.15) is 24.2 Å². The van der Waals surface area contributed by atoms with Crippen molar-refractivity contribution in [1.29, 1.82) is 0 Å². The van der Waals surface area contributed by atoms with Crippen LogP contribution in [0.1, 0.15) is 5.76 Å². The van der Waals surface area contributed by atoms with E-state index in [2.05, 4.69) is 27.9 Å². The van der Waals surface area contributed by atoms with Gasteiger partial charge in [-0.25, -0.2) is 0 Å². The van der Waals surface area contributed by atoms with E-state index in [0.29, 0.717) is 13.1 Å². The summed E-state index contributed by atoms with van der Waals surface area (Å²) in [5, 5.41) is 12.9. The van der Waals surface area contributed by atoms with Crippen molar-refractivity contribution in [1.82, 2.24) is 5.32 Å². The van der Waals surface area contributed by atoms with Crippen molar-refractivity contribution in [3.05, 3.63) is 52.0 Å². The molecule has 19 heavy (non-hydrogen) atoms. The Bertz CT molecular complexity index is 470. The molecule has 1 atom stereocenters. The van der Waals surface area contributed by atoms with Gasteiger partial charge in [0.05, 0.1) is 12.8 Å². The van der Waals surface area contributed by atoms with Gasteiger partial charge in [0.2, 0.25) is 0 Å². The van der Waals surface area contributed by atoms with Crippen molar-refractivity contribution < 1.29 is 14.3 Å². The molecule has 0 saturated carbocycles. The molecule has 2 N–H and O–H groups in total. The maximum Gasteiger partial charge on any atom is 0.119 e. The first-order valence-corrected chi connectivity index (χ1v) is 7.11. The number of nitrogens with one attached hydrogen (secondary N) is 1. The third-order valence-corrected chi connectivity index (χ3v) is 3.23. The molecule has 0 aliphatic heterocycles. The highest BCUT2D eigenvalue weighted by atomic mass is 127. The molecule has 1 unspecified atom stereocenters. The second-order valence-electron chi connectivity index (χ2n) is 4.13. The Morgan fingerprint density at radius 2 is 2.05 bits per heavy atom. The van der Waals surface area contributed by atoms with E-state index >= 15 is 0 Å². The molecule has 0 radical (unpaired) electrons. The first-order chi connectivity index (χ1) is 9.24. The van der Waals surface area contributed by atoms with Gasteiger partial charge in [-0.05, 0) is 59.0 Å². The number of aliphatic hydroxyl groups is 1. The molecule has 0 bridgehead atoms. The zero-order valence-corrected chi connectivity index (χ0v) is 12.5. The number of halogens is 1. The number of aliphatic hydroxyl groups excluding tert-OH is 1. The molecular weight excluding hydrogens is 357 g/mol. The van der Waals surface area contributed by atoms with Crippen LogP contribution in [-0.2, 0) is 6.54 Å². The molecule has 0 aliphatic rings. The SMILES string of the molecule is OC(CNCc1ccco1)COc1ccc(I)cc1. The minimum Gasteiger partial charge on any atom is -0.491 e. The summed E-state index contributed by atoms with van der Waals surface area (Å²) in [6.07, 6.45) is 1.09. The van der Waals surface area contributed by atoms with Crippen LogP contribution < -0.4 is 10.1 Å². The van der Waals surface area contributed by atoms with Gasteiger partial charge in [0, 0.05) is 10.1 Å². The van der Waals surface area contributed by atoms with E-state index in [9.17, 15) is 5.11 Å². The quantitative estimate of drug-likeness (QED) is 0.732. The Labute approximate surface area is 125 Å². The molecule has 0 spiro atoms. The first-order valence-electron chi connectivity index (χ1n) is 6.03. The highest BCUT2D eigenvalue weighted by molar-refractivity contribution is 14.1. The van der Waals surface area contributed by atoms with Crippen molar-refractivity contribution in [2.24, 2.45) is 0 Å². The zero-order valence-electron chi connectivity index (χ0n) is 10.4. The minimum atomic E-state index is -0.547. The van der Waals surface area contributed by atoms with Crippen molar-refractivity contribution in [3.8, 4) is 5.75 Å². The Morgan fingerprint density at radius 1 is 1.26 bits per heavy atom. The van der Waals surface area contributed by atoms with Gasteiger partial charge in [0.15, 0.2) is 0 Å². The van der Waals surface area contributed by atoms with Crippen molar-refractivity contribution >= 4 is 22.6 Å². The molecule has 2 rings (SSSR count). The lowest BCUT2D eigenvalue weighted by Crippen LogP contribution is -2.31. The third-order valence-electron chi connectivity index (χ3n) is 2.52. The summed E-state index contributed by atoms with van der Waals surface area (Å²) in [5.74, 6) is 1.62. The lowest BCUT2D eigenvalue weighted by molar-refractivity contribution is 0.105. The second kappa shape index (κ2) is 7.52. The average Bonchev–Trinajstić information content (AvgIpc) is 2.91. The lowest BCUT2D eigenvalue weighted by Gasteiger charge is -2.12. The Kier molecular flexibility index (Phi) is 5.68. The number of benzene rings is 1. The number of furan rings is 1. The van der Waals surface area contributed by atoms with Crippen LogP contribution in [0.5, 0.6) is 5.75 Å². The van der Waals surface area contributed by atoms with Crippen LogP contribution in [0, 0.1) is 3.57 Å². The molecule has 0 fully saturated rings. The van der Waals surface area contributed by atoms with Crippen molar-refractivity contribution in [2.75, 3.05) is 13.2 Å². The highest BCUT2D eigenvalue weighted by Gasteiger charge is 2.05. The summed E-state index contributed by atoms with van der Waals surface area (Å²) in [6.45, 7) is 1.34. The van der Waals surface area contributed by atoms with Crippen LogP contribution in [-0.4, -0.2) is 24.4 Å². The summed E-state index contributed by atoms with van der Waals surface area (Å²) in [5.41, 5.74) is 0. The molecule has 1 heterocycles. The van der Waals surface area contributed by atoms with E-state index in [1.54, 1.807) is 6.26 Å². The van der Waals surface area contributed by atoms with Crippen LogP contribution in [0.4, 0.5) is 0 Å². The van der Waals surface area contributed by atoms with E-state index in [4.69, 9.17) is 9.15 Å². The van der Waals surface area contributed by atoms with E-state index in [-0.39, 0.29) is 6.61 Å². The second-order valence-corrected chi connectivity index (χ2v) is 5.37. The van der Waals surface area contributed by atoms with Crippen molar-refractivity contribution in [2.45, 2.75) is 12.6 Å². The Morgan fingerprint density at radius 3 is 2.74 bits per heavy atom. The predicted octanol–water partition coefficient (Wildman–Crippen LogP) is 2.41. The molecule has 2 aromatic rings. The molecule has 0 saturated heterocycles. The van der Waals surface area contributed by atoms with Gasteiger partial charge in [-0.1, -0.05) is 0 Å². The maximum atomic E-state index is 9.77. The minimum absolute atomic E-state index is 0.270.